The predicted molar refractivity (Wildman–Crippen MR) is 78.0 cm³/mol. The summed E-state index contributed by atoms with van der Waals surface area (Å²) in [5, 5.41) is 0. The number of benzene rings is 2. The lowest BCUT2D eigenvalue weighted by Crippen LogP contribution is -2.00. The predicted octanol–water partition coefficient (Wildman–Crippen LogP) is 4.74. The third-order valence-corrected chi connectivity index (χ3v) is 3.48. The minimum absolute atomic E-state index is 0.0632. The molecule has 0 fully saturated rings. The van der Waals surface area contributed by atoms with Crippen molar-refractivity contribution in [3.63, 3.8) is 0 Å². The van der Waals surface area contributed by atoms with Crippen LogP contribution in [-0.2, 0) is 6.61 Å². The Balaban J connectivity index is 2.18. The van der Waals surface area contributed by atoms with E-state index in [2.05, 4.69) is 31.9 Å². The highest BCUT2D eigenvalue weighted by molar-refractivity contribution is 9.10. The van der Waals surface area contributed by atoms with E-state index < -0.39 is 0 Å². The Bertz CT molecular complexity index is 614. The van der Waals surface area contributed by atoms with Gasteiger partial charge in [0.2, 0.25) is 0 Å². The standard InChI is InChI=1S/C14H9Br2FO2/c15-11-1-3-13(17)10(6-11)8-19-14-4-2-12(16)5-9(14)7-18/h1-7H,8H2. The van der Waals surface area contributed by atoms with Crippen LogP contribution >= 0.6 is 31.9 Å². The van der Waals surface area contributed by atoms with Crippen molar-refractivity contribution in [2.45, 2.75) is 6.61 Å². The van der Waals surface area contributed by atoms with Gasteiger partial charge < -0.3 is 4.74 Å². The zero-order valence-corrected chi connectivity index (χ0v) is 12.9. The molecule has 0 bridgehead atoms. The average molecular weight is 388 g/mol. The Morgan fingerprint density at radius 1 is 1.11 bits per heavy atom. The first-order valence-corrected chi connectivity index (χ1v) is 7.00. The summed E-state index contributed by atoms with van der Waals surface area (Å²) in [4.78, 5) is 10.9. The molecule has 0 saturated carbocycles. The molecule has 98 valence electrons. The Morgan fingerprint density at radius 2 is 1.79 bits per heavy atom. The van der Waals surface area contributed by atoms with E-state index >= 15 is 0 Å². The largest absolute Gasteiger partial charge is 0.488 e. The summed E-state index contributed by atoms with van der Waals surface area (Å²) in [6.45, 7) is 0.0632. The average Bonchev–Trinajstić information content (AvgIpc) is 2.40. The van der Waals surface area contributed by atoms with Crippen molar-refractivity contribution in [1.82, 2.24) is 0 Å². The molecule has 2 nitrogen and oxygen atoms in total. The third kappa shape index (κ3) is 3.64. The summed E-state index contributed by atoms with van der Waals surface area (Å²) in [5.41, 5.74) is 0.846. The summed E-state index contributed by atoms with van der Waals surface area (Å²) in [6, 6.07) is 9.72. The van der Waals surface area contributed by atoms with Crippen molar-refractivity contribution in [2.24, 2.45) is 0 Å². The lowest BCUT2D eigenvalue weighted by Gasteiger charge is -2.09. The zero-order valence-electron chi connectivity index (χ0n) is 9.70. The van der Waals surface area contributed by atoms with Crippen LogP contribution in [0.15, 0.2) is 45.3 Å². The van der Waals surface area contributed by atoms with Crippen molar-refractivity contribution in [2.75, 3.05) is 0 Å². The number of rotatable bonds is 4. The van der Waals surface area contributed by atoms with Gasteiger partial charge in [-0.1, -0.05) is 31.9 Å². The maximum absolute atomic E-state index is 13.5. The second kappa shape index (κ2) is 6.30. The Labute approximate surface area is 126 Å². The number of hydrogen-bond acceptors (Lipinski definition) is 2. The molecule has 0 aliphatic heterocycles. The smallest absolute Gasteiger partial charge is 0.153 e. The fourth-order valence-electron chi connectivity index (χ4n) is 1.55. The van der Waals surface area contributed by atoms with Gasteiger partial charge in [0.1, 0.15) is 18.2 Å². The maximum Gasteiger partial charge on any atom is 0.153 e. The molecule has 2 aromatic carbocycles. The van der Waals surface area contributed by atoms with Gasteiger partial charge >= 0.3 is 0 Å². The number of carbonyl (C=O) groups is 1. The summed E-state index contributed by atoms with van der Waals surface area (Å²) in [5.74, 6) is 0.0885. The van der Waals surface area contributed by atoms with E-state index in [1.807, 2.05) is 0 Å². The van der Waals surface area contributed by atoms with Crippen LogP contribution < -0.4 is 4.74 Å². The molecule has 0 atom stereocenters. The van der Waals surface area contributed by atoms with E-state index in [4.69, 9.17) is 4.74 Å². The molecular weight excluding hydrogens is 379 g/mol. The molecular formula is C14H9Br2FO2. The van der Waals surface area contributed by atoms with Crippen LogP contribution in [-0.4, -0.2) is 6.29 Å². The summed E-state index contributed by atoms with van der Waals surface area (Å²) < 4.78 is 20.6. The molecule has 19 heavy (non-hydrogen) atoms. The van der Waals surface area contributed by atoms with Crippen LogP contribution in [0.4, 0.5) is 4.39 Å². The van der Waals surface area contributed by atoms with Crippen molar-refractivity contribution < 1.29 is 13.9 Å². The molecule has 0 amide bonds. The molecule has 0 spiro atoms. The van der Waals surface area contributed by atoms with Gasteiger partial charge in [0.15, 0.2) is 6.29 Å². The second-order valence-corrected chi connectivity index (χ2v) is 5.66. The van der Waals surface area contributed by atoms with Crippen molar-refractivity contribution in [3.8, 4) is 5.75 Å². The summed E-state index contributed by atoms with van der Waals surface area (Å²) in [6.07, 6.45) is 0.706. The van der Waals surface area contributed by atoms with Gasteiger partial charge in [-0.15, -0.1) is 0 Å². The topological polar surface area (TPSA) is 26.3 Å². The van der Waals surface area contributed by atoms with E-state index in [1.165, 1.54) is 6.07 Å². The molecule has 0 unspecified atom stereocenters. The lowest BCUT2D eigenvalue weighted by molar-refractivity contribution is 0.111. The zero-order chi connectivity index (χ0) is 13.8. The molecule has 2 rings (SSSR count). The maximum atomic E-state index is 13.5. The van der Waals surface area contributed by atoms with Crippen molar-refractivity contribution >= 4 is 38.1 Å². The number of ether oxygens (including phenoxy) is 1. The number of aldehydes is 1. The number of carbonyl (C=O) groups excluding carboxylic acids is 1. The fraction of sp³-hybridized carbons (Fsp3) is 0.0714. The first kappa shape index (κ1) is 14.2. The van der Waals surface area contributed by atoms with Crippen LogP contribution in [0, 0.1) is 5.82 Å². The molecule has 0 saturated heterocycles. The van der Waals surface area contributed by atoms with Crippen molar-refractivity contribution in [1.29, 1.82) is 0 Å². The van der Waals surface area contributed by atoms with Gasteiger partial charge in [-0.25, -0.2) is 4.39 Å². The second-order valence-electron chi connectivity index (χ2n) is 3.82. The van der Waals surface area contributed by atoms with E-state index in [0.29, 0.717) is 23.2 Å². The molecule has 0 radical (unpaired) electrons. The lowest BCUT2D eigenvalue weighted by atomic mass is 10.2. The van der Waals surface area contributed by atoms with Gasteiger partial charge in [0.05, 0.1) is 5.56 Å². The van der Waals surface area contributed by atoms with Gasteiger partial charge in [-0.05, 0) is 36.4 Å². The van der Waals surface area contributed by atoms with E-state index in [9.17, 15) is 9.18 Å². The minimum Gasteiger partial charge on any atom is -0.488 e. The molecule has 0 aromatic heterocycles. The Kier molecular flexibility index (Phi) is 4.71. The van der Waals surface area contributed by atoms with Crippen LogP contribution in [0.2, 0.25) is 0 Å². The number of hydrogen-bond donors (Lipinski definition) is 0. The van der Waals surface area contributed by atoms with E-state index in [-0.39, 0.29) is 12.4 Å². The van der Waals surface area contributed by atoms with Crippen molar-refractivity contribution in [3.05, 3.63) is 62.3 Å². The first-order valence-electron chi connectivity index (χ1n) is 5.41. The van der Waals surface area contributed by atoms with E-state index in [1.54, 1.807) is 30.3 Å². The highest BCUT2D eigenvalue weighted by Crippen LogP contribution is 2.23. The fourth-order valence-corrected chi connectivity index (χ4v) is 2.34. The SMILES string of the molecule is O=Cc1cc(Br)ccc1OCc1cc(Br)ccc1F. The van der Waals surface area contributed by atoms with E-state index in [0.717, 1.165) is 8.95 Å². The Hall–Kier alpha value is -1.20. The molecule has 0 aliphatic carbocycles. The molecule has 2 aromatic rings. The highest BCUT2D eigenvalue weighted by Gasteiger charge is 2.07. The molecule has 0 N–H and O–H groups in total. The van der Waals surface area contributed by atoms with Crippen LogP contribution in [0.3, 0.4) is 0 Å². The monoisotopic (exact) mass is 386 g/mol. The van der Waals surface area contributed by atoms with Crippen LogP contribution in [0.1, 0.15) is 15.9 Å². The third-order valence-electron chi connectivity index (χ3n) is 2.49. The highest BCUT2D eigenvalue weighted by atomic mass is 79.9. The summed E-state index contributed by atoms with van der Waals surface area (Å²) in [7, 11) is 0. The van der Waals surface area contributed by atoms with Gasteiger partial charge in [0, 0.05) is 14.5 Å². The van der Waals surface area contributed by atoms with Gasteiger partial charge in [0.25, 0.3) is 0 Å². The summed E-state index contributed by atoms with van der Waals surface area (Å²) >= 11 is 6.55. The van der Waals surface area contributed by atoms with Gasteiger partial charge in [-0.3, -0.25) is 4.79 Å². The van der Waals surface area contributed by atoms with Crippen LogP contribution in [0.5, 0.6) is 5.75 Å². The molecule has 5 heteroatoms. The van der Waals surface area contributed by atoms with Gasteiger partial charge in [-0.2, -0.15) is 0 Å². The van der Waals surface area contributed by atoms with Crippen LogP contribution in [0.25, 0.3) is 0 Å². The minimum atomic E-state index is -0.340. The normalized spacial score (nSPS) is 10.3. The molecule has 0 aliphatic rings. The number of halogens is 3. The quantitative estimate of drug-likeness (QED) is 0.708. The first-order chi connectivity index (χ1) is 9.10. The Morgan fingerprint density at radius 3 is 2.53 bits per heavy atom. The molecule has 0 heterocycles.